The zero-order valence-electron chi connectivity index (χ0n) is 19.9. The first-order valence-corrected chi connectivity index (χ1v) is 12.5. The number of aromatic nitrogens is 1. The average Bonchev–Trinajstić information content (AvgIpc) is 3.58. The van der Waals surface area contributed by atoms with Crippen LogP contribution in [0.25, 0.3) is 11.1 Å². The zero-order valence-corrected chi connectivity index (χ0v) is 19.9. The number of carbonyl (C=O) groups excluding carboxylic acids is 2. The van der Waals surface area contributed by atoms with Crippen molar-refractivity contribution in [3.63, 3.8) is 0 Å². The summed E-state index contributed by atoms with van der Waals surface area (Å²) in [5, 5.41) is 0. The second-order valence-electron chi connectivity index (χ2n) is 10.6. The van der Waals surface area contributed by atoms with Crippen molar-refractivity contribution in [2.45, 2.75) is 44.9 Å². The average molecular weight is 446 g/mol. The van der Waals surface area contributed by atoms with Gasteiger partial charge in [-0.15, -0.1) is 0 Å². The van der Waals surface area contributed by atoms with Crippen molar-refractivity contribution in [1.82, 2.24) is 14.8 Å². The summed E-state index contributed by atoms with van der Waals surface area (Å²) in [6, 6.07) is 12.3. The lowest BCUT2D eigenvalue weighted by atomic mass is 9.72. The minimum Gasteiger partial charge on any atom is -0.348 e. The molecule has 3 aliphatic rings. The Morgan fingerprint density at radius 2 is 1.82 bits per heavy atom. The highest BCUT2D eigenvalue weighted by molar-refractivity contribution is 5.87. The van der Waals surface area contributed by atoms with Crippen LogP contribution in [0.15, 0.2) is 48.8 Å². The predicted molar refractivity (Wildman–Crippen MR) is 129 cm³/mol. The monoisotopic (exact) mass is 445 g/mol. The van der Waals surface area contributed by atoms with Gasteiger partial charge in [0.25, 0.3) is 0 Å². The topological polar surface area (TPSA) is 53.5 Å². The van der Waals surface area contributed by atoms with Crippen LogP contribution in [0.3, 0.4) is 0 Å². The molecular weight excluding hydrogens is 410 g/mol. The number of benzene rings is 1. The molecule has 174 valence electrons. The fourth-order valence-electron chi connectivity index (χ4n) is 6.60. The van der Waals surface area contributed by atoms with E-state index in [-0.39, 0.29) is 11.8 Å². The van der Waals surface area contributed by atoms with E-state index in [1.54, 1.807) is 11.1 Å². The quantitative estimate of drug-likeness (QED) is 0.684. The van der Waals surface area contributed by atoms with E-state index in [4.69, 9.17) is 0 Å². The number of piperidine rings is 1. The molecule has 33 heavy (non-hydrogen) atoms. The third-order valence-corrected chi connectivity index (χ3v) is 8.21. The normalized spacial score (nSPS) is 28.7. The SMILES string of the molecule is CN(C)C(=O)[C@]1(Cc2ccccc2-c2cccnc2)CCCN(C(=O)C2[C@H]3CCCC[C@H]23)C1. The molecule has 2 amide bonds. The molecule has 5 nitrogen and oxygen atoms in total. The van der Waals surface area contributed by atoms with Crippen LogP contribution < -0.4 is 0 Å². The molecular formula is C28H35N3O2. The highest BCUT2D eigenvalue weighted by Crippen LogP contribution is 2.56. The van der Waals surface area contributed by atoms with Crippen molar-refractivity contribution >= 4 is 11.8 Å². The second-order valence-corrected chi connectivity index (χ2v) is 10.6. The van der Waals surface area contributed by atoms with E-state index in [9.17, 15) is 9.59 Å². The van der Waals surface area contributed by atoms with Gasteiger partial charge in [0.05, 0.1) is 5.41 Å². The molecule has 1 aliphatic heterocycles. The first-order valence-electron chi connectivity index (χ1n) is 12.5. The first-order chi connectivity index (χ1) is 16.0. The number of rotatable bonds is 5. The molecule has 3 atom stereocenters. The van der Waals surface area contributed by atoms with E-state index in [1.165, 1.54) is 25.7 Å². The summed E-state index contributed by atoms with van der Waals surface area (Å²) in [7, 11) is 3.68. The van der Waals surface area contributed by atoms with Crippen molar-refractivity contribution in [3.05, 3.63) is 54.4 Å². The van der Waals surface area contributed by atoms with Gasteiger partial charge in [-0.3, -0.25) is 14.6 Å². The number of pyridine rings is 1. The van der Waals surface area contributed by atoms with Gasteiger partial charge in [0.15, 0.2) is 0 Å². The largest absolute Gasteiger partial charge is 0.348 e. The molecule has 3 fully saturated rings. The highest BCUT2D eigenvalue weighted by atomic mass is 16.2. The minimum absolute atomic E-state index is 0.134. The fourth-order valence-corrected chi connectivity index (χ4v) is 6.60. The Kier molecular flexibility index (Phi) is 5.98. The van der Waals surface area contributed by atoms with Crippen LogP contribution in [0.1, 0.15) is 44.1 Å². The Morgan fingerprint density at radius 3 is 2.52 bits per heavy atom. The lowest BCUT2D eigenvalue weighted by Gasteiger charge is -2.43. The van der Waals surface area contributed by atoms with Crippen LogP contribution in [0.2, 0.25) is 0 Å². The van der Waals surface area contributed by atoms with Gasteiger partial charge in [-0.1, -0.05) is 43.2 Å². The number of likely N-dealkylation sites (tertiary alicyclic amines) is 1. The molecule has 1 aromatic heterocycles. The lowest BCUT2D eigenvalue weighted by molar-refractivity contribution is -0.148. The molecule has 1 aromatic carbocycles. The molecule has 0 bridgehead atoms. The maximum absolute atomic E-state index is 13.7. The Hall–Kier alpha value is -2.69. The Balaban J connectivity index is 1.44. The molecule has 2 heterocycles. The van der Waals surface area contributed by atoms with Crippen molar-refractivity contribution in [2.75, 3.05) is 27.2 Å². The van der Waals surface area contributed by atoms with E-state index < -0.39 is 5.41 Å². The van der Waals surface area contributed by atoms with Gasteiger partial charge >= 0.3 is 0 Å². The van der Waals surface area contributed by atoms with Gasteiger partial charge in [0.2, 0.25) is 11.8 Å². The van der Waals surface area contributed by atoms with E-state index in [2.05, 4.69) is 23.2 Å². The molecule has 5 rings (SSSR count). The van der Waals surface area contributed by atoms with Crippen LogP contribution in [0.4, 0.5) is 0 Å². The molecule has 1 saturated heterocycles. The zero-order chi connectivity index (χ0) is 23.0. The molecule has 0 N–H and O–H groups in total. The van der Waals surface area contributed by atoms with Crippen LogP contribution in [0.5, 0.6) is 0 Å². The van der Waals surface area contributed by atoms with Gasteiger partial charge in [-0.25, -0.2) is 0 Å². The molecule has 2 saturated carbocycles. The Morgan fingerprint density at radius 1 is 1.06 bits per heavy atom. The number of amides is 2. The number of hydrogen-bond donors (Lipinski definition) is 0. The third kappa shape index (κ3) is 4.18. The van der Waals surface area contributed by atoms with Gasteiger partial charge < -0.3 is 9.80 Å². The Labute approximate surface area is 197 Å². The minimum atomic E-state index is -0.588. The van der Waals surface area contributed by atoms with Crippen LogP contribution in [-0.2, 0) is 16.0 Å². The smallest absolute Gasteiger partial charge is 0.230 e. The molecule has 0 spiro atoms. The summed E-state index contributed by atoms with van der Waals surface area (Å²) in [5.74, 6) is 1.84. The van der Waals surface area contributed by atoms with E-state index in [0.717, 1.165) is 36.1 Å². The molecule has 2 aromatic rings. The standard InChI is InChI=1S/C28H35N3O2/c1-30(2)27(33)28(17-20-9-3-4-11-22(20)21-10-7-15-29-18-21)14-8-16-31(19-28)26(32)25-23-12-5-6-13-24(23)25/h3-4,7,9-11,15,18,23-25H,5-6,8,12-14,16-17,19H2,1-2H3/t23-,24-,28-/m0/s1. The second kappa shape index (κ2) is 8.92. The van der Waals surface area contributed by atoms with Gasteiger partial charge in [-0.2, -0.15) is 0 Å². The van der Waals surface area contributed by atoms with Gasteiger partial charge in [0.1, 0.15) is 0 Å². The number of fused-ring (bicyclic) bond motifs is 1. The number of carbonyl (C=O) groups is 2. The summed E-state index contributed by atoms with van der Waals surface area (Å²) in [4.78, 5) is 35.3. The third-order valence-electron chi connectivity index (χ3n) is 8.21. The highest BCUT2D eigenvalue weighted by Gasteiger charge is 2.57. The maximum atomic E-state index is 13.7. The van der Waals surface area contributed by atoms with Crippen molar-refractivity contribution in [1.29, 1.82) is 0 Å². The van der Waals surface area contributed by atoms with Crippen molar-refractivity contribution < 1.29 is 9.59 Å². The van der Waals surface area contributed by atoms with Gasteiger partial charge in [0, 0.05) is 51.1 Å². The Bertz CT molecular complexity index is 1010. The summed E-state index contributed by atoms with van der Waals surface area (Å²) >= 11 is 0. The van der Waals surface area contributed by atoms with Gasteiger partial charge in [-0.05, 0) is 61.1 Å². The summed E-state index contributed by atoms with van der Waals surface area (Å²) < 4.78 is 0. The van der Waals surface area contributed by atoms with Crippen LogP contribution in [-0.4, -0.2) is 53.8 Å². The van der Waals surface area contributed by atoms with E-state index >= 15 is 0 Å². The number of hydrogen-bond acceptors (Lipinski definition) is 3. The molecule has 0 unspecified atom stereocenters. The van der Waals surface area contributed by atoms with Crippen molar-refractivity contribution in [3.8, 4) is 11.1 Å². The van der Waals surface area contributed by atoms with E-state index in [0.29, 0.717) is 30.7 Å². The first kappa shape index (κ1) is 22.1. The van der Waals surface area contributed by atoms with Crippen LogP contribution >= 0.6 is 0 Å². The summed E-state index contributed by atoms with van der Waals surface area (Å²) in [6.07, 6.45) is 10.9. The van der Waals surface area contributed by atoms with Crippen LogP contribution in [0, 0.1) is 23.2 Å². The maximum Gasteiger partial charge on any atom is 0.230 e. The molecule has 0 radical (unpaired) electrons. The van der Waals surface area contributed by atoms with Crippen molar-refractivity contribution in [2.24, 2.45) is 23.2 Å². The summed E-state index contributed by atoms with van der Waals surface area (Å²) in [5.41, 5.74) is 2.74. The molecule has 5 heteroatoms. The number of nitrogens with zero attached hydrogens (tertiary/aromatic N) is 3. The summed E-state index contributed by atoms with van der Waals surface area (Å²) in [6.45, 7) is 1.31. The fraction of sp³-hybridized carbons (Fsp3) is 0.536. The van der Waals surface area contributed by atoms with E-state index in [1.807, 2.05) is 43.4 Å². The molecule has 2 aliphatic carbocycles. The lowest BCUT2D eigenvalue weighted by Crippen LogP contribution is -2.54. The predicted octanol–water partition coefficient (Wildman–Crippen LogP) is 4.42.